The molecule has 0 bridgehead atoms. The van der Waals surface area contributed by atoms with Crippen molar-refractivity contribution in [2.75, 3.05) is 26.4 Å². The summed E-state index contributed by atoms with van der Waals surface area (Å²) in [6.45, 7) is 3.74. The number of aliphatic hydroxyl groups is 3. The number of hydrogen-bond acceptors (Lipinski definition) is 11. The van der Waals surface area contributed by atoms with E-state index in [0.717, 1.165) is 83.5 Å². The van der Waals surface area contributed by atoms with Crippen molar-refractivity contribution in [2.45, 2.75) is 198 Å². The molecule has 1 saturated heterocycles. The van der Waals surface area contributed by atoms with Gasteiger partial charge in [0.2, 0.25) is 0 Å². The van der Waals surface area contributed by atoms with Crippen LogP contribution in [0.1, 0.15) is 162 Å². The maximum atomic E-state index is 12.8. The lowest BCUT2D eigenvalue weighted by Crippen LogP contribution is -2.60. The first-order valence-corrected chi connectivity index (χ1v) is 25.2. The number of unbranched alkanes of at least 4 members (excludes halogenated alkanes) is 13. The van der Waals surface area contributed by atoms with Crippen LogP contribution in [0.5, 0.6) is 0 Å². The van der Waals surface area contributed by atoms with E-state index in [1.165, 1.54) is 51.4 Å². The van der Waals surface area contributed by atoms with Crippen LogP contribution in [0.4, 0.5) is 0 Å². The Morgan fingerprint density at radius 2 is 1.10 bits per heavy atom. The summed E-state index contributed by atoms with van der Waals surface area (Å²) in [4.78, 5) is 12.8. The lowest BCUT2D eigenvalue weighted by molar-refractivity contribution is -0.301. The van der Waals surface area contributed by atoms with Gasteiger partial charge in [-0.25, -0.2) is 4.18 Å². The molecule has 1 aliphatic heterocycles. The molecule has 0 aromatic heterocycles. The number of carbonyl (C=O) groups is 1. The Morgan fingerprint density at radius 1 is 0.619 bits per heavy atom. The number of rotatable bonds is 40. The predicted octanol–water partition coefficient (Wildman–Crippen LogP) is 10.5. The molecule has 362 valence electrons. The van der Waals surface area contributed by atoms with Crippen LogP contribution in [0.3, 0.4) is 0 Å². The van der Waals surface area contributed by atoms with E-state index in [9.17, 15) is 28.5 Å². The number of aliphatic hydroxyl groups excluding tert-OH is 3. The molecule has 0 aromatic carbocycles. The third-order valence-corrected chi connectivity index (χ3v) is 10.7. The van der Waals surface area contributed by atoms with E-state index in [1.54, 1.807) is 0 Å². The molecular formula is C50H84O12S. The maximum absolute atomic E-state index is 12.8. The summed E-state index contributed by atoms with van der Waals surface area (Å²) in [5, 5.41) is 30.7. The first-order chi connectivity index (χ1) is 30.6. The SMILES string of the molecule is CC/C=C\C/C=C\C/C=C\C/C=C\C/C=C\C/C=C\C/C=C\CCCCOCC(COC1OC(CO)C(O)C(OS(=O)(=O)O)C1O)OC(=O)CCCCCCCCCCCCCC. The Kier molecular flexibility index (Phi) is 37.7. The summed E-state index contributed by atoms with van der Waals surface area (Å²) >= 11 is 0. The van der Waals surface area contributed by atoms with Gasteiger partial charge in [0.05, 0.1) is 19.8 Å². The first-order valence-electron chi connectivity index (χ1n) is 23.8. The van der Waals surface area contributed by atoms with E-state index in [4.69, 9.17) is 23.5 Å². The molecular weight excluding hydrogens is 825 g/mol. The van der Waals surface area contributed by atoms with Crippen LogP contribution in [0.2, 0.25) is 0 Å². The van der Waals surface area contributed by atoms with Crippen LogP contribution in [0.15, 0.2) is 85.1 Å². The minimum absolute atomic E-state index is 0.00250. The van der Waals surface area contributed by atoms with Gasteiger partial charge in [0.1, 0.15) is 30.5 Å². The molecule has 0 aliphatic carbocycles. The van der Waals surface area contributed by atoms with Crippen LogP contribution in [0, 0.1) is 0 Å². The highest BCUT2D eigenvalue weighted by Gasteiger charge is 2.48. The van der Waals surface area contributed by atoms with Gasteiger partial charge in [0.25, 0.3) is 0 Å². The van der Waals surface area contributed by atoms with E-state index in [1.807, 2.05) is 0 Å². The Labute approximate surface area is 381 Å². The molecule has 1 fully saturated rings. The van der Waals surface area contributed by atoms with Crippen molar-refractivity contribution < 1.29 is 56.2 Å². The topological polar surface area (TPSA) is 178 Å². The molecule has 63 heavy (non-hydrogen) atoms. The zero-order valence-corrected chi connectivity index (χ0v) is 39.4. The van der Waals surface area contributed by atoms with Gasteiger partial charge in [-0.05, 0) is 70.6 Å². The minimum atomic E-state index is -5.07. The highest BCUT2D eigenvalue weighted by molar-refractivity contribution is 7.80. The second-order valence-corrected chi connectivity index (χ2v) is 17.0. The van der Waals surface area contributed by atoms with Gasteiger partial charge in [0, 0.05) is 13.0 Å². The number of allylic oxidation sites excluding steroid dienone is 14. The lowest BCUT2D eigenvalue weighted by atomic mass is 9.99. The van der Waals surface area contributed by atoms with Crippen molar-refractivity contribution in [3.63, 3.8) is 0 Å². The summed E-state index contributed by atoms with van der Waals surface area (Å²) in [5.74, 6) is -0.419. The molecule has 12 nitrogen and oxygen atoms in total. The van der Waals surface area contributed by atoms with Crippen LogP contribution >= 0.6 is 0 Å². The molecule has 0 amide bonds. The summed E-state index contributed by atoms with van der Waals surface area (Å²) in [6, 6.07) is 0. The third-order valence-electron chi connectivity index (χ3n) is 10.3. The number of esters is 1. The molecule has 6 unspecified atom stereocenters. The highest BCUT2D eigenvalue weighted by Crippen LogP contribution is 2.26. The van der Waals surface area contributed by atoms with Gasteiger partial charge in [-0.1, -0.05) is 170 Å². The van der Waals surface area contributed by atoms with Crippen molar-refractivity contribution in [1.29, 1.82) is 0 Å². The van der Waals surface area contributed by atoms with E-state index in [2.05, 4.69) is 103 Å². The van der Waals surface area contributed by atoms with Crippen LogP contribution in [-0.4, -0.2) is 97.5 Å². The van der Waals surface area contributed by atoms with Crippen molar-refractivity contribution in [3.05, 3.63) is 85.1 Å². The van der Waals surface area contributed by atoms with E-state index in [-0.39, 0.29) is 19.6 Å². The van der Waals surface area contributed by atoms with Crippen LogP contribution in [-0.2, 0) is 38.3 Å². The second kappa shape index (κ2) is 40.8. The molecule has 1 rings (SSSR count). The van der Waals surface area contributed by atoms with Crippen molar-refractivity contribution >= 4 is 16.4 Å². The number of carbonyl (C=O) groups excluding carboxylic acids is 1. The van der Waals surface area contributed by atoms with Crippen molar-refractivity contribution in [2.24, 2.45) is 0 Å². The monoisotopic (exact) mass is 909 g/mol. The van der Waals surface area contributed by atoms with Crippen LogP contribution < -0.4 is 0 Å². The van der Waals surface area contributed by atoms with Crippen molar-refractivity contribution in [1.82, 2.24) is 0 Å². The van der Waals surface area contributed by atoms with Gasteiger partial charge in [-0.2, -0.15) is 8.42 Å². The Bertz CT molecular complexity index is 1420. The summed E-state index contributed by atoms with van der Waals surface area (Å²) in [5.41, 5.74) is 0. The average molecular weight is 909 g/mol. The minimum Gasteiger partial charge on any atom is -0.457 e. The van der Waals surface area contributed by atoms with E-state index in [0.29, 0.717) is 13.0 Å². The molecule has 0 radical (unpaired) electrons. The number of hydrogen-bond donors (Lipinski definition) is 4. The fourth-order valence-electron chi connectivity index (χ4n) is 6.71. The standard InChI is InChI=1S/C50H84O12S/c1-3-5-7-9-11-13-15-17-18-19-20-21-22-23-24-25-26-27-28-30-32-34-36-38-40-58-42-44(60-46(52)39-37-35-33-31-29-16-14-12-10-8-6-4-2)43-59-50-48(54)49(62-63(55,56)57)47(53)45(41-51)61-50/h5,7,11,13,17-18,20-21,23-24,26-27,30,32,44-45,47-51,53-54H,3-4,6,8-10,12,14-16,19,22,25,28-29,31,33-43H2,1-2H3,(H,55,56,57)/b7-5-,13-11-,18-17-,21-20-,24-23-,27-26-,32-30-. The smallest absolute Gasteiger partial charge is 0.397 e. The molecule has 13 heteroatoms. The van der Waals surface area contributed by atoms with Crippen LogP contribution in [0.25, 0.3) is 0 Å². The van der Waals surface area contributed by atoms with Gasteiger partial charge in [-0.3, -0.25) is 9.35 Å². The number of ether oxygens (including phenoxy) is 4. The quantitative estimate of drug-likeness (QED) is 0.0198. The molecule has 0 aromatic rings. The Balaban J connectivity index is 2.42. The summed E-state index contributed by atoms with van der Waals surface area (Å²) in [6.07, 6.45) is 44.8. The van der Waals surface area contributed by atoms with E-state index >= 15 is 0 Å². The van der Waals surface area contributed by atoms with Gasteiger partial charge < -0.3 is 34.3 Å². The molecule has 6 atom stereocenters. The fraction of sp³-hybridized carbons (Fsp3) is 0.700. The summed E-state index contributed by atoms with van der Waals surface area (Å²) < 4.78 is 59.0. The second-order valence-electron chi connectivity index (χ2n) is 16.0. The molecule has 0 saturated carbocycles. The largest absolute Gasteiger partial charge is 0.457 e. The maximum Gasteiger partial charge on any atom is 0.397 e. The zero-order chi connectivity index (χ0) is 46.1. The Morgan fingerprint density at radius 3 is 1.57 bits per heavy atom. The van der Waals surface area contributed by atoms with E-state index < -0.39 is 59.8 Å². The fourth-order valence-corrected chi connectivity index (χ4v) is 7.22. The predicted molar refractivity (Wildman–Crippen MR) is 252 cm³/mol. The van der Waals surface area contributed by atoms with Gasteiger partial charge in [-0.15, -0.1) is 0 Å². The van der Waals surface area contributed by atoms with Gasteiger partial charge in [0.15, 0.2) is 6.29 Å². The molecule has 1 heterocycles. The molecule has 4 N–H and O–H groups in total. The molecule has 0 spiro atoms. The Hall–Kier alpha value is -2.72. The summed E-state index contributed by atoms with van der Waals surface area (Å²) in [7, 11) is -5.07. The lowest BCUT2D eigenvalue weighted by Gasteiger charge is -2.41. The van der Waals surface area contributed by atoms with Crippen molar-refractivity contribution in [3.8, 4) is 0 Å². The third kappa shape index (κ3) is 34.3. The zero-order valence-electron chi connectivity index (χ0n) is 38.6. The first kappa shape index (κ1) is 58.3. The molecule has 1 aliphatic rings. The van der Waals surface area contributed by atoms with Gasteiger partial charge >= 0.3 is 16.4 Å². The average Bonchev–Trinajstić information content (AvgIpc) is 3.26. The normalized spacial score (nSPS) is 20.6. The highest BCUT2D eigenvalue weighted by atomic mass is 32.3.